The number of nitrogens with one attached hydrogen (secondary N) is 1. The van der Waals surface area contributed by atoms with Gasteiger partial charge in [0.1, 0.15) is 6.42 Å². The average Bonchev–Trinajstić information content (AvgIpc) is 3.55. The lowest BCUT2D eigenvalue weighted by atomic mass is 9.44. The highest BCUT2D eigenvalue weighted by atomic mass is 16.7. The molecule has 4 aliphatic heterocycles. The molecule has 8 aliphatic rings. The first kappa shape index (κ1) is 36.7. The molecule has 0 aromatic rings. The van der Waals surface area contributed by atoms with Gasteiger partial charge in [-0.05, 0) is 136 Å². The molecule has 8 fully saturated rings. The fourth-order valence-electron chi connectivity index (χ4n) is 14.3. The van der Waals surface area contributed by atoms with Crippen molar-refractivity contribution < 1.29 is 19.1 Å². The molecule has 1 spiro atoms. The van der Waals surface area contributed by atoms with E-state index in [1.165, 1.54) is 77.4 Å². The third-order valence-corrected chi connectivity index (χ3v) is 17.0. The van der Waals surface area contributed by atoms with Crippen LogP contribution in [-0.4, -0.2) is 103 Å². The molecule has 2 amide bonds. The molecule has 1 N–H and O–H groups in total. The van der Waals surface area contributed by atoms with E-state index in [-0.39, 0.29) is 30.1 Å². The van der Waals surface area contributed by atoms with Gasteiger partial charge in [-0.3, -0.25) is 14.5 Å². The minimum absolute atomic E-state index is 0.00512. The van der Waals surface area contributed by atoms with Gasteiger partial charge in [0.15, 0.2) is 5.79 Å². The summed E-state index contributed by atoms with van der Waals surface area (Å²) in [7, 11) is 0. The number of rotatable bonds is 6. The highest BCUT2D eigenvalue weighted by Gasteiger charge is 2.69. The first-order valence-corrected chi connectivity index (χ1v) is 21.7. The lowest BCUT2D eigenvalue weighted by Gasteiger charge is -2.61. The van der Waals surface area contributed by atoms with Crippen molar-refractivity contribution >= 4 is 11.8 Å². The quantitative estimate of drug-likeness (QED) is 0.315. The fraction of sp³-hybridized carbons (Fsp3) is 0.953. The largest absolute Gasteiger partial charge is 0.353 e. The molecular weight excluding hydrogens is 636 g/mol. The van der Waals surface area contributed by atoms with E-state index in [1.54, 1.807) is 0 Å². The Balaban J connectivity index is 0.804. The summed E-state index contributed by atoms with van der Waals surface area (Å²) in [6.45, 7) is 22.5. The van der Waals surface area contributed by atoms with Gasteiger partial charge in [-0.2, -0.15) is 0 Å². The van der Waals surface area contributed by atoms with Crippen LogP contribution in [0.2, 0.25) is 0 Å². The number of piperidine rings is 1. The van der Waals surface area contributed by atoms with Crippen molar-refractivity contribution in [2.75, 3.05) is 52.4 Å². The molecule has 4 heterocycles. The van der Waals surface area contributed by atoms with Crippen LogP contribution in [0.4, 0.5) is 0 Å². The fourth-order valence-corrected chi connectivity index (χ4v) is 14.3. The molecule has 1 unspecified atom stereocenters. The summed E-state index contributed by atoms with van der Waals surface area (Å²) in [5, 5.41) is 3.36. The molecule has 0 radical (unpaired) electrons. The maximum atomic E-state index is 13.3. The van der Waals surface area contributed by atoms with Crippen molar-refractivity contribution in [3.8, 4) is 0 Å². The Bertz CT molecular complexity index is 1270. The molecule has 8 nitrogen and oxygen atoms in total. The Morgan fingerprint density at radius 3 is 2.27 bits per heavy atom. The maximum Gasteiger partial charge on any atom is 0.232 e. The van der Waals surface area contributed by atoms with Crippen molar-refractivity contribution in [1.29, 1.82) is 0 Å². The normalized spacial score (nSPS) is 46.4. The number of hydrogen-bond acceptors (Lipinski definition) is 6. The summed E-state index contributed by atoms with van der Waals surface area (Å²) in [6.07, 6.45) is 15.0. The van der Waals surface area contributed by atoms with Gasteiger partial charge in [0.05, 0.1) is 12.7 Å². The van der Waals surface area contributed by atoms with Crippen molar-refractivity contribution in [1.82, 2.24) is 20.0 Å². The Morgan fingerprint density at radius 2 is 1.57 bits per heavy atom. The van der Waals surface area contributed by atoms with Gasteiger partial charge in [0.25, 0.3) is 0 Å². The zero-order valence-corrected chi connectivity index (χ0v) is 33.2. The molecule has 4 saturated heterocycles. The van der Waals surface area contributed by atoms with Gasteiger partial charge in [0.2, 0.25) is 11.8 Å². The molecule has 8 heteroatoms. The van der Waals surface area contributed by atoms with Gasteiger partial charge in [-0.15, -0.1) is 0 Å². The number of piperazine rings is 1. The second-order valence-electron chi connectivity index (χ2n) is 20.2. The zero-order valence-electron chi connectivity index (χ0n) is 33.2. The Morgan fingerprint density at radius 1 is 0.824 bits per heavy atom. The molecule has 8 rings (SSSR count). The van der Waals surface area contributed by atoms with Crippen molar-refractivity contribution in [2.45, 2.75) is 149 Å². The van der Waals surface area contributed by atoms with E-state index in [2.05, 4.69) is 56.7 Å². The highest BCUT2D eigenvalue weighted by molar-refractivity contribution is 5.97. The number of ether oxygens (including phenoxy) is 2. The summed E-state index contributed by atoms with van der Waals surface area (Å²) >= 11 is 0. The SMILES string of the molecule is CC(C)CN1CCC(N2CCN(C(=O)CC(=O)N[C@@H]3CC[C@]4(C)C5CC[C@]6(C)[C@@H]7[C@H](C[C@H]6[C@@H]5CC[C@@H]4C3)O[C@]3(CC[C@H](C)CO3)[C@H]7C)CC2)CC1. The topological polar surface area (TPSA) is 74.4 Å². The second kappa shape index (κ2) is 14.1. The Labute approximate surface area is 309 Å². The smallest absolute Gasteiger partial charge is 0.232 e. The number of carbonyl (C=O) groups excluding carboxylic acids is 2. The van der Waals surface area contributed by atoms with E-state index in [9.17, 15) is 9.59 Å². The predicted octanol–water partition coefficient (Wildman–Crippen LogP) is 6.57. The Hall–Kier alpha value is -1.22. The molecule has 4 aliphatic carbocycles. The Kier molecular flexibility index (Phi) is 10.2. The monoisotopic (exact) mass is 709 g/mol. The summed E-state index contributed by atoms with van der Waals surface area (Å²) < 4.78 is 13.6. The van der Waals surface area contributed by atoms with Gasteiger partial charge < -0.3 is 24.6 Å². The minimum atomic E-state index is -0.330. The van der Waals surface area contributed by atoms with Gasteiger partial charge >= 0.3 is 0 Å². The van der Waals surface area contributed by atoms with Gasteiger partial charge in [-0.25, -0.2) is 0 Å². The van der Waals surface area contributed by atoms with Crippen LogP contribution in [0.15, 0.2) is 0 Å². The number of amides is 2. The molecule has 0 aromatic heterocycles. The standard InChI is InChI=1S/C43H72N4O4/c1-28(2)26-45-17-12-33(13-18-45)46-19-21-47(22-20-46)39(49)25-38(48)44-32-10-14-41(5)31(23-32)7-8-34-35(41)11-15-42(6)36(34)24-37-40(42)30(4)43(51-37)16-9-29(3)27-50-43/h28-37,40H,7-27H2,1-6H3,(H,44,48)/t29-,30-,31+,32+,34+,35?,36-,37-,40-,41-,42-,43+/m0/s1. The predicted molar refractivity (Wildman–Crippen MR) is 201 cm³/mol. The summed E-state index contributed by atoms with van der Waals surface area (Å²) in [5.41, 5.74) is 0.722. The second-order valence-corrected chi connectivity index (χ2v) is 20.2. The number of likely N-dealkylation sites (tertiary alicyclic amines) is 1. The van der Waals surface area contributed by atoms with Crippen molar-refractivity contribution in [3.63, 3.8) is 0 Å². The van der Waals surface area contributed by atoms with Crippen LogP contribution in [0.25, 0.3) is 0 Å². The van der Waals surface area contributed by atoms with Crippen LogP contribution in [0, 0.1) is 58.2 Å². The first-order valence-electron chi connectivity index (χ1n) is 21.7. The molecule has 4 saturated carbocycles. The van der Waals surface area contributed by atoms with Crippen molar-refractivity contribution in [3.05, 3.63) is 0 Å². The summed E-state index contributed by atoms with van der Waals surface area (Å²) in [5.74, 6) is 5.11. The lowest BCUT2D eigenvalue weighted by molar-refractivity contribution is -0.273. The maximum absolute atomic E-state index is 13.3. The van der Waals surface area contributed by atoms with E-state index in [0.717, 1.165) is 75.7 Å². The summed E-state index contributed by atoms with van der Waals surface area (Å²) in [6, 6.07) is 0.851. The van der Waals surface area contributed by atoms with Crippen LogP contribution in [0.1, 0.15) is 125 Å². The number of carbonyl (C=O) groups is 2. The van der Waals surface area contributed by atoms with Gasteiger partial charge in [0, 0.05) is 57.1 Å². The summed E-state index contributed by atoms with van der Waals surface area (Å²) in [4.78, 5) is 33.7. The van der Waals surface area contributed by atoms with E-state index in [1.807, 2.05) is 4.90 Å². The number of hydrogen-bond donors (Lipinski definition) is 1. The lowest BCUT2D eigenvalue weighted by Crippen LogP contribution is -2.56. The molecular formula is C43H72N4O4. The number of fused-ring (bicyclic) bond motifs is 7. The average molecular weight is 709 g/mol. The first-order chi connectivity index (χ1) is 24.4. The van der Waals surface area contributed by atoms with Crippen LogP contribution in [0.3, 0.4) is 0 Å². The van der Waals surface area contributed by atoms with Crippen LogP contribution in [-0.2, 0) is 19.1 Å². The number of nitrogens with zero attached hydrogens (tertiary/aromatic N) is 3. The molecule has 12 atom stereocenters. The van der Waals surface area contributed by atoms with E-state index < -0.39 is 0 Å². The molecule has 51 heavy (non-hydrogen) atoms. The van der Waals surface area contributed by atoms with E-state index in [4.69, 9.17) is 9.47 Å². The van der Waals surface area contributed by atoms with Crippen LogP contribution in [0.5, 0.6) is 0 Å². The molecule has 0 aromatic carbocycles. The van der Waals surface area contributed by atoms with E-state index >= 15 is 0 Å². The third kappa shape index (κ3) is 6.64. The molecule has 288 valence electrons. The third-order valence-electron chi connectivity index (χ3n) is 17.0. The van der Waals surface area contributed by atoms with Gasteiger partial charge in [-0.1, -0.05) is 41.5 Å². The molecule has 0 bridgehead atoms. The van der Waals surface area contributed by atoms with Crippen molar-refractivity contribution in [2.24, 2.45) is 58.2 Å². The van der Waals surface area contributed by atoms with Crippen LogP contribution >= 0.6 is 0 Å². The minimum Gasteiger partial charge on any atom is -0.353 e. The highest BCUT2D eigenvalue weighted by Crippen LogP contribution is 2.71. The van der Waals surface area contributed by atoms with E-state index in [0.29, 0.717) is 46.6 Å². The zero-order chi connectivity index (χ0) is 35.7. The van der Waals surface area contributed by atoms with Crippen LogP contribution < -0.4 is 5.32 Å².